The summed E-state index contributed by atoms with van der Waals surface area (Å²) in [4.78, 5) is 36.3. The van der Waals surface area contributed by atoms with Crippen LogP contribution in [0.5, 0.6) is 11.5 Å². The first-order chi connectivity index (χ1) is 13.9. The molecule has 0 aliphatic carbocycles. The third-order valence-electron chi connectivity index (χ3n) is 4.18. The molecule has 1 amide bonds. The monoisotopic (exact) mass is 402 g/mol. The van der Waals surface area contributed by atoms with Gasteiger partial charge in [-0.1, -0.05) is 12.1 Å². The minimum atomic E-state index is -0.802. The summed E-state index contributed by atoms with van der Waals surface area (Å²) >= 11 is 0. The number of likely N-dealkylation sites (N-methyl/N-ethyl adjacent to an activating group) is 1. The van der Waals surface area contributed by atoms with Gasteiger partial charge in [-0.3, -0.25) is 14.9 Å². The molecule has 0 unspecified atom stereocenters. The molecule has 0 N–H and O–H groups in total. The maximum Gasteiger partial charge on any atom is 0.338 e. The lowest BCUT2D eigenvalue weighted by molar-refractivity contribution is -0.384. The van der Waals surface area contributed by atoms with Gasteiger partial charge in [0.2, 0.25) is 0 Å². The van der Waals surface area contributed by atoms with Crippen LogP contribution in [0.15, 0.2) is 42.5 Å². The molecule has 0 atom stereocenters. The fourth-order valence-corrected chi connectivity index (χ4v) is 2.62. The van der Waals surface area contributed by atoms with Gasteiger partial charge in [0.25, 0.3) is 11.6 Å². The molecule has 0 spiro atoms. The van der Waals surface area contributed by atoms with Crippen LogP contribution in [0.3, 0.4) is 0 Å². The van der Waals surface area contributed by atoms with Crippen molar-refractivity contribution in [1.29, 1.82) is 0 Å². The number of hydrogen-bond acceptors (Lipinski definition) is 7. The van der Waals surface area contributed by atoms with Gasteiger partial charge in [-0.15, -0.1) is 0 Å². The third-order valence-corrected chi connectivity index (χ3v) is 4.18. The van der Waals surface area contributed by atoms with E-state index in [0.717, 1.165) is 11.6 Å². The van der Waals surface area contributed by atoms with Crippen LogP contribution in [-0.2, 0) is 16.1 Å². The van der Waals surface area contributed by atoms with Crippen LogP contribution in [0.1, 0.15) is 22.8 Å². The summed E-state index contributed by atoms with van der Waals surface area (Å²) in [7, 11) is 3.06. The molecule has 0 saturated heterocycles. The fraction of sp³-hybridized carbons (Fsp3) is 0.300. The second-order valence-electron chi connectivity index (χ2n) is 5.98. The molecule has 2 aromatic rings. The van der Waals surface area contributed by atoms with E-state index in [1.807, 2.05) is 6.07 Å². The van der Waals surface area contributed by atoms with Crippen LogP contribution in [0, 0.1) is 10.1 Å². The smallest absolute Gasteiger partial charge is 0.338 e. The normalized spacial score (nSPS) is 10.2. The summed E-state index contributed by atoms with van der Waals surface area (Å²) in [6, 6.07) is 10.5. The van der Waals surface area contributed by atoms with Gasteiger partial charge in [0.15, 0.2) is 18.1 Å². The molecule has 29 heavy (non-hydrogen) atoms. The number of amides is 1. The van der Waals surface area contributed by atoms with Crippen LogP contribution in [0.4, 0.5) is 5.69 Å². The number of nitro benzene ring substituents is 1. The second-order valence-corrected chi connectivity index (χ2v) is 5.98. The first-order valence-electron chi connectivity index (χ1n) is 8.79. The quantitative estimate of drug-likeness (QED) is 0.360. The summed E-state index contributed by atoms with van der Waals surface area (Å²) in [5, 5.41) is 10.8. The lowest BCUT2D eigenvalue weighted by Crippen LogP contribution is -2.34. The first kappa shape index (κ1) is 21.7. The van der Waals surface area contributed by atoms with Gasteiger partial charge in [0, 0.05) is 25.2 Å². The fourth-order valence-electron chi connectivity index (χ4n) is 2.62. The van der Waals surface area contributed by atoms with Crippen LogP contribution in [-0.4, -0.2) is 49.1 Å². The number of rotatable bonds is 9. The number of nitro groups is 1. The van der Waals surface area contributed by atoms with Crippen LogP contribution >= 0.6 is 0 Å². The zero-order chi connectivity index (χ0) is 21.4. The number of nitrogens with zero attached hydrogens (tertiary/aromatic N) is 2. The lowest BCUT2D eigenvalue weighted by atomic mass is 10.2. The van der Waals surface area contributed by atoms with E-state index in [4.69, 9.17) is 14.2 Å². The molecular formula is C20H22N2O7. The average molecular weight is 402 g/mol. The largest absolute Gasteiger partial charge is 0.493 e. The van der Waals surface area contributed by atoms with Crippen molar-refractivity contribution in [3.8, 4) is 11.5 Å². The van der Waals surface area contributed by atoms with E-state index >= 15 is 0 Å². The van der Waals surface area contributed by atoms with Gasteiger partial charge in [-0.05, 0) is 30.7 Å². The summed E-state index contributed by atoms with van der Waals surface area (Å²) in [6.45, 7) is 2.04. The molecule has 0 heterocycles. The Labute approximate surface area is 167 Å². The Morgan fingerprint density at radius 1 is 1.07 bits per heavy atom. The molecule has 0 aliphatic rings. The predicted octanol–water partition coefficient (Wildman–Crippen LogP) is 2.82. The van der Waals surface area contributed by atoms with Gasteiger partial charge in [-0.2, -0.15) is 0 Å². The standard InChI is InChI=1S/C20H22N2O7/c1-4-21(12-14-8-9-17(27-2)18(10-14)28-3)19(23)13-29-20(24)15-6-5-7-16(11-15)22(25)26/h5-11H,4,12-13H2,1-3H3. The van der Waals surface area contributed by atoms with E-state index < -0.39 is 17.5 Å². The highest BCUT2D eigenvalue weighted by Crippen LogP contribution is 2.28. The molecule has 0 saturated carbocycles. The van der Waals surface area contributed by atoms with Crippen molar-refractivity contribution in [1.82, 2.24) is 4.90 Å². The molecule has 9 heteroatoms. The van der Waals surface area contributed by atoms with E-state index in [9.17, 15) is 19.7 Å². The molecule has 2 aromatic carbocycles. The van der Waals surface area contributed by atoms with Crippen molar-refractivity contribution in [2.75, 3.05) is 27.4 Å². The Bertz CT molecular complexity index is 898. The number of esters is 1. The highest BCUT2D eigenvalue weighted by molar-refractivity contribution is 5.91. The number of methoxy groups -OCH3 is 2. The average Bonchev–Trinajstić information content (AvgIpc) is 2.75. The SMILES string of the molecule is CCN(Cc1ccc(OC)c(OC)c1)C(=O)COC(=O)c1cccc([N+](=O)[O-])c1. The van der Waals surface area contributed by atoms with Crippen molar-refractivity contribution in [3.05, 3.63) is 63.7 Å². The number of benzene rings is 2. The second kappa shape index (κ2) is 10.1. The first-order valence-corrected chi connectivity index (χ1v) is 8.79. The highest BCUT2D eigenvalue weighted by atomic mass is 16.6. The van der Waals surface area contributed by atoms with E-state index in [1.165, 1.54) is 37.3 Å². The Balaban J connectivity index is 2.00. The number of non-ortho nitro benzene ring substituents is 1. The molecule has 154 valence electrons. The Kier molecular flexibility index (Phi) is 7.53. The van der Waals surface area contributed by atoms with Gasteiger partial charge < -0.3 is 19.1 Å². The third kappa shape index (κ3) is 5.68. The lowest BCUT2D eigenvalue weighted by Gasteiger charge is -2.21. The summed E-state index contributed by atoms with van der Waals surface area (Å²) < 4.78 is 15.5. The Morgan fingerprint density at radius 3 is 2.41 bits per heavy atom. The van der Waals surface area contributed by atoms with E-state index in [-0.39, 0.29) is 17.2 Å². The number of hydrogen-bond donors (Lipinski definition) is 0. The number of ether oxygens (including phenoxy) is 3. The van der Waals surface area contributed by atoms with Gasteiger partial charge in [-0.25, -0.2) is 4.79 Å². The summed E-state index contributed by atoms with van der Waals surface area (Å²) in [6.07, 6.45) is 0. The number of carbonyl (C=O) groups is 2. The molecule has 0 aliphatic heterocycles. The molecule has 2 rings (SSSR count). The van der Waals surface area contributed by atoms with Gasteiger partial charge >= 0.3 is 5.97 Å². The van der Waals surface area contributed by atoms with Crippen molar-refractivity contribution in [2.45, 2.75) is 13.5 Å². The molecule has 0 aromatic heterocycles. The molecule has 0 bridgehead atoms. The van der Waals surface area contributed by atoms with Crippen molar-refractivity contribution in [3.63, 3.8) is 0 Å². The van der Waals surface area contributed by atoms with E-state index in [1.54, 1.807) is 19.1 Å². The molecule has 0 radical (unpaired) electrons. The van der Waals surface area contributed by atoms with Crippen LogP contribution in [0.2, 0.25) is 0 Å². The molecule has 9 nitrogen and oxygen atoms in total. The highest BCUT2D eigenvalue weighted by Gasteiger charge is 2.18. The zero-order valence-corrected chi connectivity index (χ0v) is 16.4. The Morgan fingerprint density at radius 2 is 1.79 bits per heavy atom. The number of carbonyl (C=O) groups excluding carboxylic acids is 2. The van der Waals surface area contributed by atoms with E-state index in [2.05, 4.69) is 0 Å². The zero-order valence-electron chi connectivity index (χ0n) is 16.4. The maximum absolute atomic E-state index is 12.5. The van der Waals surface area contributed by atoms with Gasteiger partial charge in [0.1, 0.15) is 0 Å². The van der Waals surface area contributed by atoms with Crippen molar-refractivity contribution < 1.29 is 28.7 Å². The summed E-state index contributed by atoms with van der Waals surface area (Å²) in [5.41, 5.74) is 0.604. The minimum absolute atomic E-state index is 0.00920. The minimum Gasteiger partial charge on any atom is -0.493 e. The summed E-state index contributed by atoms with van der Waals surface area (Å²) in [5.74, 6) is -0.0626. The molecule has 0 fully saturated rings. The van der Waals surface area contributed by atoms with Crippen molar-refractivity contribution >= 4 is 17.6 Å². The molecular weight excluding hydrogens is 380 g/mol. The van der Waals surface area contributed by atoms with E-state index in [0.29, 0.717) is 24.6 Å². The van der Waals surface area contributed by atoms with Crippen LogP contribution < -0.4 is 9.47 Å². The topological polar surface area (TPSA) is 108 Å². The van der Waals surface area contributed by atoms with Crippen molar-refractivity contribution in [2.24, 2.45) is 0 Å². The van der Waals surface area contributed by atoms with Crippen LogP contribution in [0.25, 0.3) is 0 Å². The predicted molar refractivity (Wildman–Crippen MR) is 104 cm³/mol. The Hall–Kier alpha value is -3.62. The maximum atomic E-state index is 12.5. The van der Waals surface area contributed by atoms with Gasteiger partial charge in [0.05, 0.1) is 24.7 Å².